The molecule has 1 aliphatic carbocycles. The average Bonchev–Trinajstić information content (AvgIpc) is 3.48. The highest BCUT2D eigenvalue weighted by Gasteiger charge is 2.23. The Labute approximate surface area is 227 Å². The lowest BCUT2D eigenvalue weighted by atomic mass is 9.95. The van der Waals surface area contributed by atoms with Crippen molar-refractivity contribution < 1.29 is 19.1 Å². The Hall–Kier alpha value is -3.04. The molecule has 38 heavy (non-hydrogen) atoms. The van der Waals surface area contributed by atoms with Crippen LogP contribution in [0.5, 0.6) is 0 Å². The summed E-state index contributed by atoms with van der Waals surface area (Å²) >= 11 is 1.47. The van der Waals surface area contributed by atoms with Crippen molar-refractivity contribution in [1.29, 1.82) is 0 Å². The number of rotatable bonds is 10. The van der Waals surface area contributed by atoms with Crippen molar-refractivity contribution in [3.05, 3.63) is 62.3 Å². The van der Waals surface area contributed by atoms with Gasteiger partial charge in [0.05, 0.1) is 17.2 Å². The van der Waals surface area contributed by atoms with Crippen LogP contribution in [0.2, 0.25) is 0 Å². The number of thiophene rings is 1. The van der Waals surface area contributed by atoms with Gasteiger partial charge in [-0.2, -0.15) is 11.3 Å². The number of aldehydes is 1. The normalized spacial score (nSPS) is 14.6. The van der Waals surface area contributed by atoms with E-state index >= 15 is 4.39 Å². The van der Waals surface area contributed by atoms with E-state index in [9.17, 15) is 14.4 Å². The van der Waals surface area contributed by atoms with Gasteiger partial charge in [0.15, 0.2) is 0 Å². The van der Waals surface area contributed by atoms with Crippen LogP contribution >= 0.6 is 11.3 Å². The van der Waals surface area contributed by atoms with Crippen LogP contribution in [0.3, 0.4) is 0 Å². The number of carbonyl (C=O) groups excluding carboxylic acids is 2. The molecule has 1 aliphatic rings. The molecule has 0 radical (unpaired) electrons. The number of hydrogen-bond acceptors (Lipinski definition) is 6. The molecule has 2 aromatic heterocycles. The molecule has 0 saturated heterocycles. The number of hydrogen-bond donors (Lipinski definition) is 3. The van der Waals surface area contributed by atoms with E-state index in [1.165, 1.54) is 23.8 Å². The maximum absolute atomic E-state index is 15.2. The van der Waals surface area contributed by atoms with E-state index in [2.05, 4.69) is 24.5 Å². The molecule has 0 bridgehead atoms. The number of anilines is 1. The number of fused-ring (bicyclic) bond motifs is 1. The molecule has 2 heterocycles. The maximum atomic E-state index is 15.2. The Bertz CT molecular complexity index is 1270. The van der Waals surface area contributed by atoms with Gasteiger partial charge in [-0.25, -0.2) is 4.39 Å². The summed E-state index contributed by atoms with van der Waals surface area (Å²) in [4.78, 5) is 38.0. The molecule has 9 heteroatoms. The summed E-state index contributed by atoms with van der Waals surface area (Å²) in [6, 6.07) is 4.56. The first-order valence-corrected chi connectivity index (χ1v) is 14.3. The summed E-state index contributed by atoms with van der Waals surface area (Å²) in [5, 5.41) is 17.1. The second-order valence-electron chi connectivity index (χ2n) is 9.56. The molecular formula is C29H38FN3O4S. The van der Waals surface area contributed by atoms with E-state index in [1.54, 1.807) is 12.3 Å². The van der Waals surface area contributed by atoms with Gasteiger partial charge in [-0.1, -0.05) is 33.1 Å². The maximum Gasteiger partial charge on any atom is 0.257 e. The monoisotopic (exact) mass is 543 g/mol. The van der Waals surface area contributed by atoms with Gasteiger partial charge in [0.2, 0.25) is 5.43 Å². The first kappa shape index (κ1) is 29.5. The number of nitrogens with zero attached hydrogens (tertiary/aromatic N) is 1. The van der Waals surface area contributed by atoms with Gasteiger partial charge < -0.3 is 25.1 Å². The smallest absolute Gasteiger partial charge is 0.257 e. The van der Waals surface area contributed by atoms with Crippen LogP contribution in [-0.2, 0) is 4.79 Å². The molecule has 4 rings (SSSR count). The molecule has 1 atom stereocenters. The molecule has 1 fully saturated rings. The highest BCUT2D eigenvalue weighted by atomic mass is 32.1. The number of pyridine rings is 1. The third-order valence-electron chi connectivity index (χ3n) is 7.25. The van der Waals surface area contributed by atoms with Gasteiger partial charge >= 0.3 is 0 Å². The van der Waals surface area contributed by atoms with Crippen molar-refractivity contribution in [2.24, 2.45) is 0 Å². The van der Waals surface area contributed by atoms with Crippen LogP contribution in [-0.4, -0.2) is 35.0 Å². The van der Waals surface area contributed by atoms with E-state index in [0.717, 1.165) is 57.5 Å². The minimum absolute atomic E-state index is 0.0373. The Morgan fingerprint density at radius 2 is 1.92 bits per heavy atom. The third kappa shape index (κ3) is 6.69. The topological polar surface area (TPSA) is 100 Å². The predicted molar refractivity (Wildman–Crippen MR) is 152 cm³/mol. The zero-order chi connectivity index (χ0) is 27.7. The van der Waals surface area contributed by atoms with E-state index in [-0.39, 0.29) is 29.5 Å². The van der Waals surface area contributed by atoms with Gasteiger partial charge in [-0.05, 0) is 60.2 Å². The highest BCUT2D eigenvalue weighted by molar-refractivity contribution is 7.08. The second kappa shape index (κ2) is 14.2. The molecule has 0 spiro atoms. The van der Waals surface area contributed by atoms with Gasteiger partial charge in [0, 0.05) is 37.2 Å². The zero-order valence-corrected chi connectivity index (χ0v) is 23.2. The fraction of sp³-hybridized carbons (Fsp3) is 0.483. The molecule has 3 aromatic rings. The van der Waals surface area contributed by atoms with Crippen LogP contribution in [0.25, 0.3) is 10.9 Å². The fourth-order valence-corrected chi connectivity index (χ4v) is 5.89. The largest absolute Gasteiger partial charge is 0.400 e. The Morgan fingerprint density at radius 1 is 1.21 bits per heavy atom. The number of amides is 1. The van der Waals surface area contributed by atoms with Gasteiger partial charge in [0.25, 0.3) is 5.91 Å². The first-order valence-electron chi connectivity index (χ1n) is 13.3. The highest BCUT2D eigenvalue weighted by Crippen LogP contribution is 2.29. The lowest BCUT2D eigenvalue weighted by molar-refractivity contribution is -0.108. The molecule has 7 nitrogen and oxygen atoms in total. The predicted octanol–water partition coefficient (Wildman–Crippen LogP) is 5.98. The zero-order valence-electron chi connectivity index (χ0n) is 22.3. The number of aliphatic hydroxyl groups is 1. The molecular weight excluding hydrogens is 505 g/mol. The molecule has 0 aliphatic heterocycles. The van der Waals surface area contributed by atoms with E-state index in [4.69, 9.17) is 5.11 Å². The molecule has 1 amide bonds. The Balaban J connectivity index is 0.00000195. The van der Waals surface area contributed by atoms with Crippen molar-refractivity contribution in [3.63, 3.8) is 0 Å². The lowest BCUT2D eigenvalue weighted by Gasteiger charge is -2.26. The summed E-state index contributed by atoms with van der Waals surface area (Å²) in [7, 11) is 1.00. The molecule has 206 valence electrons. The van der Waals surface area contributed by atoms with Crippen molar-refractivity contribution in [3.8, 4) is 0 Å². The van der Waals surface area contributed by atoms with Crippen molar-refractivity contribution in [2.75, 3.05) is 12.4 Å². The number of nitrogens with one attached hydrogen (secondary N) is 2. The van der Waals surface area contributed by atoms with Crippen LogP contribution in [0, 0.1) is 5.82 Å². The quantitative estimate of drug-likeness (QED) is 0.273. The molecule has 1 aromatic carbocycles. The summed E-state index contributed by atoms with van der Waals surface area (Å²) in [6.07, 6.45) is 9.50. The van der Waals surface area contributed by atoms with E-state index in [0.29, 0.717) is 11.2 Å². The Morgan fingerprint density at radius 3 is 2.53 bits per heavy atom. The summed E-state index contributed by atoms with van der Waals surface area (Å²) in [5.41, 5.74) is 1.27. The first-order chi connectivity index (χ1) is 18.5. The summed E-state index contributed by atoms with van der Waals surface area (Å²) in [5.74, 6) is -1.06. The number of halogens is 1. The third-order valence-corrected chi connectivity index (χ3v) is 7.95. The van der Waals surface area contributed by atoms with E-state index in [1.807, 2.05) is 21.4 Å². The van der Waals surface area contributed by atoms with Crippen LogP contribution in [0.15, 0.2) is 40.0 Å². The number of aromatic nitrogens is 1. The lowest BCUT2D eigenvalue weighted by Crippen LogP contribution is -2.33. The SMILES string of the molecule is CCC(CC)n1cc(C(=O)NC(CC=O)c2ccsc2)c(=O)c2cc(F)c(NC3CCCCC3)cc21.CO. The van der Waals surface area contributed by atoms with Crippen molar-refractivity contribution >= 4 is 40.1 Å². The standard InChI is InChI=1S/C28H34FN3O3S.CH4O/c1-3-20(4-2)32-16-22(28(35)31-24(10-12-33)18-11-13-36-17-18)27(34)21-14-23(29)25(15-26(21)32)30-19-8-6-5-7-9-19;1-2/h11-17,19-20,24,30H,3-10H2,1-2H3,(H,31,35);2H,1H3. The van der Waals surface area contributed by atoms with Gasteiger partial charge in [0.1, 0.15) is 17.7 Å². The van der Waals surface area contributed by atoms with E-state index < -0.39 is 23.2 Å². The number of aliphatic hydroxyl groups excluding tert-OH is 1. The van der Waals surface area contributed by atoms with Crippen molar-refractivity contribution in [2.45, 2.75) is 83.3 Å². The van der Waals surface area contributed by atoms with Crippen molar-refractivity contribution in [1.82, 2.24) is 9.88 Å². The molecule has 1 unspecified atom stereocenters. The summed E-state index contributed by atoms with van der Waals surface area (Å²) < 4.78 is 17.2. The Kier molecular flexibility index (Phi) is 11.0. The van der Waals surface area contributed by atoms with Gasteiger partial charge in [-0.3, -0.25) is 9.59 Å². The van der Waals surface area contributed by atoms with Crippen LogP contribution in [0.4, 0.5) is 10.1 Å². The minimum atomic E-state index is -0.565. The molecule has 3 N–H and O–H groups in total. The molecule has 1 saturated carbocycles. The average molecular weight is 544 g/mol. The van der Waals surface area contributed by atoms with Crippen LogP contribution in [0.1, 0.15) is 93.2 Å². The number of carbonyl (C=O) groups is 2. The number of benzene rings is 1. The summed E-state index contributed by atoms with van der Waals surface area (Å²) in [6.45, 7) is 4.11. The van der Waals surface area contributed by atoms with Crippen LogP contribution < -0.4 is 16.1 Å². The van der Waals surface area contributed by atoms with Gasteiger partial charge in [-0.15, -0.1) is 0 Å². The fourth-order valence-electron chi connectivity index (χ4n) is 5.18. The minimum Gasteiger partial charge on any atom is -0.400 e. The second-order valence-corrected chi connectivity index (χ2v) is 10.3.